The summed E-state index contributed by atoms with van der Waals surface area (Å²) in [5, 5.41) is 4.28. The number of nitrogens with zero attached hydrogens (tertiary/aromatic N) is 5. The molecule has 5 nitrogen and oxygen atoms in total. The first-order chi connectivity index (χ1) is 12.6. The molecule has 1 aliphatic rings. The van der Waals surface area contributed by atoms with Crippen molar-refractivity contribution in [1.29, 1.82) is 0 Å². The minimum atomic E-state index is 0.669. The van der Waals surface area contributed by atoms with Crippen LogP contribution in [0.5, 0.6) is 0 Å². The molecule has 0 aromatic carbocycles. The van der Waals surface area contributed by atoms with Crippen molar-refractivity contribution in [2.75, 3.05) is 0 Å². The molecule has 0 spiro atoms. The van der Waals surface area contributed by atoms with Gasteiger partial charge in [-0.05, 0) is 55.8 Å². The van der Waals surface area contributed by atoms with Gasteiger partial charge in [-0.1, -0.05) is 12.6 Å². The number of rotatable bonds is 3. The summed E-state index contributed by atoms with van der Waals surface area (Å²) in [6.45, 7) is 8.17. The average Bonchev–Trinajstić information content (AvgIpc) is 3.11. The largest absolute Gasteiger partial charge is 0.301 e. The second-order valence-electron chi connectivity index (χ2n) is 6.16. The van der Waals surface area contributed by atoms with Crippen LogP contribution in [-0.4, -0.2) is 25.7 Å². The molecule has 4 rings (SSSR count). The summed E-state index contributed by atoms with van der Waals surface area (Å²) in [6.07, 6.45) is 9.38. The van der Waals surface area contributed by atoms with Crippen LogP contribution in [0.1, 0.15) is 23.9 Å². The van der Waals surface area contributed by atoms with E-state index in [1.807, 2.05) is 65.1 Å². The Balaban J connectivity index is 1.94. The number of allylic oxidation sites excluding steroid dienone is 2. The molecular weight excluding hydrogens is 322 g/mol. The van der Waals surface area contributed by atoms with E-state index in [1.165, 1.54) is 0 Å². The van der Waals surface area contributed by atoms with Crippen LogP contribution >= 0.6 is 0 Å². The highest BCUT2D eigenvalue weighted by Crippen LogP contribution is 2.32. The molecule has 0 N–H and O–H groups in total. The first-order valence-corrected chi connectivity index (χ1v) is 8.41. The third-order valence-electron chi connectivity index (χ3n) is 4.36. The SMILES string of the molecule is C=C1N=CC=CN1/C(=C(\C)c1cccc(C)n1)c1ccn2nccc2c1. The predicted molar refractivity (Wildman–Crippen MR) is 105 cm³/mol. The number of aryl methyl sites for hydroxylation is 1. The second kappa shape index (κ2) is 6.44. The lowest BCUT2D eigenvalue weighted by molar-refractivity contribution is 0.648. The van der Waals surface area contributed by atoms with Gasteiger partial charge in [0.2, 0.25) is 0 Å². The number of aromatic nitrogens is 3. The second-order valence-corrected chi connectivity index (χ2v) is 6.16. The molecule has 3 aromatic rings. The van der Waals surface area contributed by atoms with Crippen molar-refractivity contribution in [3.63, 3.8) is 0 Å². The molecule has 0 saturated heterocycles. The molecule has 0 amide bonds. The Labute approximate surface area is 152 Å². The van der Waals surface area contributed by atoms with Gasteiger partial charge in [0.15, 0.2) is 0 Å². The van der Waals surface area contributed by atoms with E-state index in [-0.39, 0.29) is 0 Å². The van der Waals surface area contributed by atoms with E-state index in [2.05, 4.69) is 29.7 Å². The highest BCUT2D eigenvalue weighted by atomic mass is 15.2. The summed E-state index contributed by atoms with van der Waals surface area (Å²) in [5.74, 6) is 0.669. The normalized spacial score (nSPS) is 14.8. The zero-order valence-electron chi connectivity index (χ0n) is 14.8. The zero-order valence-corrected chi connectivity index (χ0v) is 14.8. The van der Waals surface area contributed by atoms with Crippen molar-refractivity contribution in [1.82, 2.24) is 19.5 Å². The monoisotopic (exact) mass is 341 g/mol. The van der Waals surface area contributed by atoms with Gasteiger partial charge in [0.05, 0.1) is 16.9 Å². The third-order valence-corrected chi connectivity index (χ3v) is 4.36. The lowest BCUT2D eigenvalue weighted by atomic mass is 10.0. The van der Waals surface area contributed by atoms with Crippen LogP contribution in [0, 0.1) is 6.92 Å². The number of fused-ring (bicyclic) bond motifs is 1. The lowest BCUT2D eigenvalue weighted by Crippen LogP contribution is -2.17. The summed E-state index contributed by atoms with van der Waals surface area (Å²) >= 11 is 0. The summed E-state index contributed by atoms with van der Waals surface area (Å²) in [4.78, 5) is 11.1. The molecule has 26 heavy (non-hydrogen) atoms. The van der Waals surface area contributed by atoms with Crippen LogP contribution in [0.25, 0.3) is 16.8 Å². The highest BCUT2D eigenvalue weighted by molar-refractivity contribution is 5.90. The fraction of sp³-hybridized carbons (Fsp3) is 0.0952. The molecular formula is C21H19N5. The van der Waals surface area contributed by atoms with Gasteiger partial charge in [-0.25, -0.2) is 9.51 Å². The number of hydrogen-bond acceptors (Lipinski definition) is 4. The molecule has 4 heterocycles. The first-order valence-electron chi connectivity index (χ1n) is 8.41. The Morgan fingerprint density at radius 2 is 2.04 bits per heavy atom. The van der Waals surface area contributed by atoms with E-state index in [0.29, 0.717) is 5.82 Å². The standard InChI is InChI=1S/C21H19N5/c1-15-6-4-7-20(24-15)16(2)21(25-12-5-10-22-17(25)3)18-9-13-26-19(14-18)8-11-23-26/h4-14H,3H2,1-2H3/b21-16+. The van der Waals surface area contributed by atoms with Gasteiger partial charge in [-0.3, -0.25) is 4.98 Å². The Kier molecular flexibility index (Phi) is 3.97. The van der Waals surface area contributed by atoms with Gasteiger partial charge < -0.3 is 4.90 Å². The molecule has 0 radical (unpaired) electrons. The van der Waals surface area contributed by atoms with Crippen molar-refractivity contribution < 1.29 is 0 Å². The molecule has 0 atom stereocenters. The van der Waals surface area contributed by atoms with E-state index >= 15 is 0 Å². The van der Waals surface area contributed by atoms with Gasteiger partial charge in [0, 0.05) is 36.1 Å². The first kappa shape index (κ1) is 16.0. The van der Waals surface area contributed by atoms with Crippen molar-refractivity contribution in [2.24, 2.45) is 4.99 Å². The van der Waals surface area contributed by atoms with E-state index < -0.39 is 0 Å². The quantitative estimate of drug-likeness (QED) is 0.713. The average molecular weight is 341 g/mol. The Morgan fingerprint density at radius 1 is 1.15 bits per heavy atom. The number of pyridine rings is 2. The van der Waals surface area contributed by atoms with Crippen molar-refractivity contribution >= 4 is 23.0 Å². The van der Waals surface area contributed by atoms with Crippen LogP contribution in [0.2, 0.25) is 0 Å². The van der Waals surface area contributed by atoms with Crippen molar-refractivity contribution in [3.8, 4) is 0 Å². The van der Waals surface area contributed by atoms with E-state index in [1.54, 1.807) is 12.4 Å². The molecule has 0 saturated carbocycles. The molecule has 3 aromatic heterocycles. The van der Waals surface area contributed by atoms with Crippen molar-refractivity contribution in [2.45, 2.75) is 13.8 Å². The summed E-state index contributed by atoms with van der Waals surface area (Å²) in [5.41, 5.74) is 6.06. The maximum Gasteiger partial charge on any atom is 0.129 e. The number of hydrogen-bond donors (Lipinski definition) is 0. The summed E-state index contributed by atoms with van der Waals surface area (Å²) < 4.78 is 1.85. The van der Waals surface area contributed by atoms with Crippen LogP contribution in [0.15, 0.2) is 78.5 Å². The summed E-state index contributed by atoms with van der Waals surface area (Å²) in [6, 6.07) is 12.2. The molecule has 0 aliphatic carbocycles. The molecule has 5 heteroatoms. The van der Waals surface area contributed by atoms with Gasteiger partial charge in [-0.2, -0.15) is 5.10 Å². The minimum absolute atomic E-state index is 0.669. The Bertz CT molecular complexity index is 1080. The van der Waals surface area contributed by atoms with E-state index in [0.717, 1.165) is 33.7 Å². The summed E-state index contributed by atoms with van der Waals surface area (Å²) in [7, 11) is 0. The van der Waals surface area contributed by atoms with E-state index in [4.69, 9.17) is 4.98 Å². The highest BCUT2D eigenvalue weighted by Gasteiger charge is 2.19. The zero-order chi connectivity index (χ0) is 18.1. The van der Waals surface area contributed by atoms with Gasteiger partial charge in [0.25, 0.3) is 0 Å². The van der Waals surface area contributed by atoms with Crippen LogP contribution in [0.4, 0.5) is 0 Å². The fourth-order valence-corrected chi connectivity index (χ4v) is 3.08. The maximum absolute atomic E-state index is 4.70. The lowest BCUT2D eigenvalue weighted by Gasteiger charge is -2.27. The fourth-order valence-electron chi connectivity index (χ4n) is 3.08. The van der Waals surface area contributed by atoms with Gasteiger partial charge >= 0.3 is 0 Å². The molecule has 0 unspecified atom stereocenters. The maximum atomic E-state index is 4.70. The van der Waals surface area contributed by atoms with Crippen LogP contribution in [-0.2, 0) is 0 Å². The van der Waals surface area contributed by atoms with Gasteiger partial charge in [-0.15, -0.1) is 0 Å². The van der Waals surface area contributed by atoms with Crippen LogP contribution in [0.3, 0.4) is 0 Å². The smallest absolute Gasteiger partial charge is 0.129 e. The topological polar surface area (TPSA) is 45.8 Å². The van der Waals surface area contributed by atoms with Gasteiger partial charge in [0.1, 0.15) is 5.82 Å². The predicted octanol–water partition coefficient (Wildman–Crippen LogP) is 4.30. The van der Waals surface area contributed by atoms with E-state index in [9.17, 15) is 0 Å². The molecule has 0 bridgehead atoms. The number of aliphatic imine (C=N–C) groups is 1. The van der Waals surface area contributed by atoms with Crippen LogP contribution < -0.4 is 0 Å². The molecule has 0 fully saturated rings. The third kappa shape index (κ3) is 2.84. The molecule has 128 valence electrons. The minimum Gasteiger partial charge on any atom is -0.301 e. The Morgan fingerprint density at radius 3 is 2.85 bits per heavy atom. The van der Waals surface area contributed by atoms with Crippen molar-refractivity contribution in [3.05, 3.63) is 90.4 Å². The molecule has 1 aliphatic heterocycles. The Hall–Kier alpha value is -3.47.